The Labute approximate surface area is 125 Å². The Bertz CT molecular complexity index is 392. The summed E-state index contributed by atoms with van der Waals surface area (Å²) in [6.45, 7) is 0.488. The van der Waals surface area contributed by atoms with Gasteiger partial charge < -0.3 is 20.6 Å². The average Bonchev–Trinajstić information content (AvgIpc) is 2.43. The fourth-order valence-corrected chi connectivity index (χ4v) is 2.79. The topological polar surface area (TPSA) is 104 Å². The molecule has 1 aliphatic carbocycles. The van der Waals surface area contributed by atoms with E-state index in [2.05, 4.69) is 0 Å². The molecule has 0 radical (unpaired) electrons. The standard InChI is InChI=1S/C14H25N3O4/c1-16(14(20)21)8-7-10-3-5-11(6-4-10)13(19)17(2)9-12(15)18/h10-11H,3-9H2,1-2H3,(H2,15,18)(H,20,21). The molecule has 21 heavy (non-hydrogen) atoms. The van der Waals surface area contributed by atoms with Crippen molar-refractivity contribution in [2.75, 3.05) is 27.2 Å². The molecule has 0 aromatic heterocycles. The monoisotopic (exact) mass is 299 g/mol. The highest BCUT2D eigenvalue weighted by molar-refractivity contribution is 5.84. The molecule has 120 valence electrons. The number of carbonyl (C=O) groups excluding carboxylic acids is 2. The number of carboxylic acid groups (broad SMARTS) is 1. The largest absolute Gasteiger partial charge is 0.465 e. The van der Waals surface area contributed by atoms with Crippen molar-refractivity contribution in [1.29, 1.82) is 0 Å². The van der Waals surface area contributed by atoms with Crippen LogP contribution < -0.4 is 5.73 Å². The van der Waals surface area contributed by atoms with Gasteiger partial charge in [0.2, 0.25) is 11.8 Å². The van der Waals surface area contributed by atoms with E-state index in [1.807, 2.05) is 0 Å². The van der Waals surface area contributed by atoms with Gasteiger partial charge in [0.1, 0.15) is 0 Å². The Balaban J connectivity index is 2.33. The van der Waals surface area contributed by atoms with Crippen molar-refractivity contribution in [3.05, 3.63) is 0 Å². The summed E-state index contributed by atoms with van der Waals surface area (Å²) in [6.07, 6.45) is 3.36. The maximum absolute atomic E-state index is 12.1. The van der Waals surface area contributed by atoms with Crippen molar-refractivity contribution >= 4 is 17.9 Å². The smallest absolute Gasteiger partial charge is 0.407 e. The van der Waals surface area contributed by atoms with E-state index in [1.54, 1.807) is 14.1 Å². The van der Waals surface area contributed by atoms with Crippen LogP contribution in [0.5, 0.6) is 0 Å². The van der Waals surface area contributed by atoms with Gasteiger partial charge in [0.25, 0.3) is 0 Å². The minimum Gasteiger partial charge on any atom is -0.465 e. The van der Waals surface area contributed by atoms with Gasteiger partial charge in [0.05, 0.1) is 6.54 Å². The molecule has 0 spiro atoms. The molecule has 1 fully saturated rings. The van der Waals surface area contributed by atoms with Crippen molar-refractivity contribution in [3.63, 3.8) is 0 Å². The fourth-order valence-electron chi connectivity index (χ4n) is 2.79. The van der Waals surface area contributed by atoms with E-state index in [1.165, 1.54) is 9.80 Å². The van der Waals surface area contributed by atoms with Gasteiger partial charge in [-0.2, -0.15) is 0 Å². The quantitative estimate of drug-likeness (QED) is 0.754. The fraction of sp³-hybridized carbons (Fsp3) is 0.786. The third-order valence-corrected chi connectivity index (χ3v) is 4.16. The number of amides is 3. The van der Waals surface area contributed by atoms with Crippen LogP contribution in [-0.2, 0) is 9.59 Å². The number of rotatable bonds is 6. The number of nitrogens with two attached hydrogens (primary N) is 1. The van der Waals surface area contributed by atoms with Gasteiger partial charge in [0, 0.05) is 26.6 Å². The second-order valence-electron chi connectivity index (χ2n) is 5.87. The van der Waals surface area contributed by atoms with Gasteiger partial charge in [0.15, 0.2) is 0 Å². The highest BCUT2D eigenvalue weighted by Crippen LogP contribution is 2.31. The molecule has 0 aromatic carbocycles. The Morgan fingerprint density at radius 2 is 1.67 bits per heavy atom. The first-order valence-electron chi connectivity index (χ1n) is 7.28. The first-order chi connectivity index (χ1) is 9.81. The van der Waals surface area contributed by atoms with Gasteiger partial charge >= 0.3 is 6.09 Å². The van der Waals surface area contributed by atoms with Gasteiger partial charge in [-0.15, -0.1) is 0 Å². The zero-order valence-corrected chi connectivity index (χ0v) is 12.7. The van der Waals surface area contributed by atoms with Crippen LogP contribution in [0, 0.1) is 11.8 Å². The summed E-state index contributed by atoms with van der Waals surface area (Å²) in [5, 5.41) is 8.80. The zero-order chi connectivity index (χ0) is 16.0. The van der Waals surface area contributed by atoms with Crippen molar-refractivity contribution in [3.8, 4) is 0 Å². The molecule has 7 heteroatoms. The highest BCUT2D eigenvalue weighted by Gasteiger charge is 2.28. The number of hydrogen-bond donors (Lipinski definition) is 2. The number of nitrogens with zero attached hydrogens (tertiary/aromatic N) is 2. The molecular weight excluding hydrogens is 274 g/mol. The predicted molar refractivity (Wildman–Crippen MR) is 77.6 cm³/mol. The molecule has 1 saturated carbocycles. The van der Waals surface area contributed by atoms with E-state index in [0.717, 1.165) is 32.1 Å². The first-order valence-corrected chi connectivity index (χ1v) is 7.28. The lowest BCUT2D eigenvalue weighted by Gasteiger charge is -2.30. The number of primary amides is 1. The van der Waals surface area contributed by atoms with Crippen molar-refractivity contribution in [2.24, 2.45) is 17.6 Å². The van der Waals surface area contributed by atoms with Crippen LogP contribution in [0.4, 0.5) is 4.79 Å². The lowest BCUT2D eigenvalue weighted by atomic mass is 9.80. The predicted octanol–water partition coefficient (Wildman–Crippen LogP) is 0.736. The van der Waals surface area contributed by atoms with E-state index < -0.39 is 12.0 Å². The van der Waals surface area contributed by atoms with Crippen LogP contribution in [0.1, 0.15) is 32.1 Å². The molecular formula is C14H25N3O4. The minimum atomic E-state index is -0.910. The maximum Gasteiger partial charge on any atom is 0.407 e. The summed E-state index contributed by atoms with van der Waals surface area (Å²) < 4.78 is 0. The molecule has 1 rings (SSSR count). The van der Waals surface area contributed by atoms with Crippen LogP contribution in [0.2, 0.25) is 0 Å². The van der Waals surface area contributed by atoms with Crippen molar-refractivity contribution < 1.29 is 19.5 Å². The number of carbonyl (C=O) groups is 3. The number of hydrogen-bond acceptors (Lipinski definition) is 3. The molecule has 7 nitrogen and oxygen atoms in total. The highest BCUT2D eigenvalue weighted by atomic mass is 16.4. The molecule has 0 unspecified atom stereocenters. The summed E-state index contributed by atoms with van der Waals surface area (Å²) in [6, 6.07) is 0. The van der Waals surface area contributed by atoms with Gasteiger partial charge in [-0.3, -0.25) is 9.59 Å². The molecule has 0 heterocycles. The van der Waals surface area contributed by atoms with Gasteiger partial charge in [-0.25, -0.2) is 4.79 Å². The molecule has 0 saturated heterocycles. The third kappa shape index (κ3) is 5.61. The van der Waals surface area contributed by atoms with Gasteiger partial charge in [-0.05, 0) is 38.0 Å². The van der Waals surface area contributed by atoms with E-state index >= 15 is 0 Å². The van der Waals surface area contributed by atoms with E-state index in [4.69, 9.17) is 10.8 Å². The van der Waals surface area contributed by atoms with Crippen LogP contribution in [-0.4, -0.2) is 60.0 Å². The molecule has 1 aliphatic rings. The summed E-state index contributed by atoms with van der Waals surface area (Å²) in [7, 11) is 3.16. The van der Waals surface area contributed by atoms with Crippen LogP contribution in [0.3, 0.4) is 0 Å². The van der Waals surface area contributed by atoms with Crippen LogP contribution >= 0.6 is 0 Å². The lowest BCUT2D eigenvalue weighted by Crippen LogP contribution is -2.40. The SMILES string of the molecule is CN(CCC1CCC(C(=O)N(C)CC(N)=O)CC1)C(=O)O. The Morgan fingerprint density at radius 1 is 1.10 bits per heavy atom. The van der Waals surface area contributed by atoms with Crippen LogP contribution in [0.15, 0.2) is 0 Å². The maximum atomic E-state index is 12.1. The molecule has 3 N–H and O–H groups in total. The van der Waals surface area contributed by atoms with Crippen molar-refractivity contribution in [2.45, 2.75) is 32.1 Å². The van der Waals surface area contributed by atoms with E-state index in [0.29, 0.717) is 12.5 Å². The second kappa shape index (κ2) is 7.85. The van der Waals surface area contributed by atoms with Crippen LogP contribution in [0.25, 0.3) is 0 Å². The average molecular weight is 299 g/mol. The molecule has 0 atom stereocenters. The molecule has 0 bridgehead atoms. The Kier molecular flexibility index (Phi) is 6.45. The zero-order valence-electron chi connectivity index (χ0n) is 12.7. The molecule has 3 amide bonds. The normalized spacial score (nSPS) is 21.6. The second-order valence-corrected chi connectivity index (χ2v) is 5.87. The van der Waals surface area contributed by atoms with E-state index in [9.17, 15) is 14.4 Å². The minimum absolute atomic E-state index is 0.0186. The Hall–Kier alpha value is -1.79. The van der Waals surface area contributed by atoms with Crippen molar-refractivity contribution in [1.82, 2.24) is 9.80 Å². The summed E-state index contributed by atoms with van der Waals surface area (Å²) >= 11 is 0. The van der Waals surface area contributed by atoms with Gasteiger partial charge in [-0.1, -0.05) is 0 Å². The summed E-state index contributed by atoms with van der Waals surface area (Å²) in [5.74, 6) is -0.0914. The Morgan fingerprint density at radius 3 is 2.14 bits per heavy atom. The molecule has 0 aromatic rings. The lowest BCUT2D eigenvalue weighted by molar-refractivity contribution is -0.138. The summed E-state index contributed by atoms with van der Waals surface area (Å²) in [4.78, 5) is 36.4. The summed E-state index contributed by atoms with van der Waals surface area (Å²) in [5.41, 5.74) is 5.09. The molecule has 0 aliphatic heterocycles. The van der Waals surface area contributed by atoms with E-state index in [-0.39, 0.29) is 18.4 Å². The number of likely N-dealkylation sites (N-methyl/N-ethyl adjacent to an activating group) is 1. The first kappa shape index (κ1) is 17.3. The third-order valence-electron chi connectivity index (χ3n) is 4.16.